The molecule has 0 atom stereocenters. The van der Waals surface area contributed by atoms with E-state index in [1.54, 1.807) is 30.3 Å². The highest BCUT2D eigenvalue weighted by molar-refractivity contribution is 6.01. The van der Waals surface area contributed by atoms with E-state index in [1.165, 1.54) is 13.2 Å². The Morgan fingerprint density at radius 1 is 1.25 bits per heavy atom. The van der Waals surface area contributed by atoms with Crippen LogP contribution >= 0.6 is 0 Å². The molecule has 1 fully saturated rings. The largest absolute Gasteiger partial charge is 0.465 e. The number of carbonyl (C=O) groups excluding carboxylic acids is 2. The molecule has 0 unspecified atom stereocenters. The summed E-state index contributed by atoms with van der Waals surface area (Å²) in [6, 6.07) is 9.66. The van der Waals surface area contributed by atoms with Crippen LogP contribution in [0.3, 0.4) is 0 Å². The fourth-order valence-corrected chi connectivity index (χ4v) is 2.38. The first-order valence-electron chi connectivity index (χ1n) is 7.63. The smallest absolute Gasteiger partial charge is 0.339 e. The standard InChI is InChI=1S/C17H17N3O4/c1-24-17(23)12-4-2-3-5-14(12)18-15(21)10-20-16(22)9-8-13(19-20)11-6-7-11/h2-5,8-9,11H,6-7,10H2,1H3,(H,18,21). The summed E-state index contributed by atoms with van der Waals surface area (Å²) in [5.74, 6) is -0.592. The Labute approximate surface area is 138 Å². The van der Waals surface area contributed by atoms with Crippen LogP contribution < -0.4 is 10.9 Å². The molecular weight excluding hydrogens is 310 g/mol. The Hall–Kier alpha value is -2.96. The molecule has 1 amide bonds. The van der Waals surface area contributed by atoms with Crippen molar-refractivity contribution in [3.8, 4) is 0 Å². The maximum Gasteiger partial charge on any atom is 0.339 e. The van der Waals surface area contributed by atoms with Gasteiger partial charge in [0.2, 0.25) is 5.91 Å². The van der Waals surface area contributed by atoms with E-state index in [9.17, 15) is 14.4 Å². The zero-order valence-corrected chi connectivity index (χ0v) is 13.2. The predicted octanol–water partition coefficient (Wildman–Crippen LogP) is 1.55. The van der Waals surface area contributed by atoms with Crippen molar-refractivity contribution in [1.29, 1.82) is 0 Å². The molecule has 1 aromatic carbocycles. The minimum absolute atomic E-state index is 0.213. The number of nitrogens with one attached hydrogen (secondary N) is 1. The number of hydrogen-bond acceptors (Lipinski definition) is 5. The fourth-order valence-electron chi connectivity index (χ4n) is 2.38. The average Bonchev–Trinajstić information content (AvgIpc) is 3.41. The normalized spacial score (nSPS) is 13.4. The molecule has 1 aliphatic carbocycles. The molecule has 1 aromatic heterocycles. The summed E-state index contributed by atoms with van der Waals surface area (Å²) < 4.78 is 5.83. The van der Waals surface area contributed by atoms with Crippen LogP contribution in [-0.2, 0) is 16.1 Å². The van der Waals surface area contributed by atoms with Gasteiger partial charge in [0, 0.05) is 12.0 Å². The summed E-state index contributed by atoms with van der Waals surface area (Å²) in [4.78, 5) is 35.8. The number of hydrogen-bond donors (Lipinski definition) is 1. The lowest BCUT2D eigenvalue weighted by molar-refractivity contribution is -0.117. The second-order valence-corrected chi connectivity index (χ2v) is 5.61. The molecule has 0 aliphatic heterocycles. The molecule has 1 N–H and O–H groups in total. The van der Waals surface area contributed by atoms with Crippen LogP contribution in [-0.4, -0.2) is 28.8 Å². The van der Waals surface area contributed by atoms with Crippen molar-refractivity contribution in [3.05, 3.63) is 58.0 Å². The van der Waals surface area contributed by atoms with Crippen molar-refractivity contribution in [1.82, 2.24) is 9.78 Å². The summed E-state index contributed by atoms with van der Waals surface area (Å²) in [5.41, 5.74) is 1.08. The summed E-state index contributed by atoms with van der Waals surface area (Å²) in [7, 11) is 1.27. The first-order chi connectivity index (χ1) is 11.6. The summed E-state index contributed by atoms with van der Waals surface area (Å²) >= 11 is 0. The summed E-state index contributed by atoms with van der Waals surface area (Å²) in [5, 5.41) is 6.87. The minimum atomic E-state index is -0.545. The number of aromatic nitrogens is 2. The van der Waals surface area contributed by atoms with Gasteiger partial charge >= 0.3 is 5.97 Å². The summed E-state index contributed by atoms with van der Waals surface area (Å²) in [6.45, 7) is -0.213. The van der Waals surface area contributed by atoms with E-state index >= 15 is 0 Å². The lowest BCUT2D eigenvalue weighted by Crippen LogP contribution is -2.30. The van der Waals surface area contributed by atoms with Crippen LogP contribution in [0, 0.1) is 0 Å². The third-order valence-corrected chi connectivity index (χ3v) is 3.78. The van der Waals surface area contributed by atoms with Gasteiger partial charge in [0.15, 0.2) is 0 Å². The lowest BCUT2D eigenvalue weighted by atomic mass is 10.2. The molecule has 1 heterocycles. The molecule has 2 aromatic rings. The highest BCUT2D eigenvalue weighted by Gasteiger charge is 2.25. The first kappa shape index (κ1) is 15.9. The third-order valence-electron chi connectivity index (χ3n) is 3.78. The summed E-state index contributed by atoms with van der Waals surface area (Å²) in [6.07, 6.45) is 2.12. The molecule has 0 radical (unpaired) electrons. The van der Waals surface area contributed by atoms with Crippen molar-refractivity contribution < 1.29 is 14.3 Å². The zero-order valence-electron chi connectivity index (χ0n) is 13.2. The Morgan fingerprint density at radius 2 is 2.00 bits per heavy atom. The van der Waals surface area contributed by atoms with Gasteiger partial charge in [-0.1, -0.05) is 12.1 Å². The van der Waals surface area contributed by atoms with Crippen molar-refractivity contribution in [3.63, 3.8) is 0 Å². The third kappa shape index (κ3) is 3.51. The molecule has 0 spiro atoms. The van der Waals surface area contributed by atoms with Gasteiger partial charge in [0.1, 0.15) is 6.54 Å². The highest BCUT2D eigenvalue weighted by atomic mass is 16.5. The molecule has 24 heavy (non-hydrogen) atoms. The van der Waals surface area contributed by atoms with Gasteiger partial charge in [0.25, 0.3) is 5.56 Å². The molecule has 0 bridgehead atoms. The van der Waals surface area contributed by atoms with Crippen molar-refractivity contribution >= 4 is 17.6 Å². The SMILES string of the molecule is COC(=O)c1ccccc1NC(=O)Cn1nc(C2CC2)ccc1=O. The second-order valence-electron chi connectivity index (χ2n) is 5.61. The van der Waals surface area contributed by atoms with E-state index in [2.05, 4.69) is 15.2 Å². The van der Waals surface area contributed by atoms with Gasteiger partial charge < -0.3 is 10.1 Å². The molecular formula is C17H17N3O4. The Kier molecular flexibility index (Phi) is 4.41. The lowest BCUT2D eigenvalue weighted by Gasteiger charge is -2.10. The quantitative estimate of drug-likeness (QED) is 0.841. The van der Waals surface area contributed by atoms with Gasteiger partial charge in [-0.2, -0.15) is 5.10 Å². The number of anilines is 1. The number of methoxy groups -OCH3 is 1. The molecule has 124 valence electrons. The number of amides is 1. The van der Waals surface area contributed by atoms with Crippen LogP contribution in [0.4, 0.5) is 5.69 Å². The van der Waals surface area contributed by atoms with Gasteiger partial charge in [-0.25, -0.2) is 9.48 Å². The van der Waals surface area contributed by atoms with Crippen molar-refractivity contribution in [2.75, 3.05) is 12.4 Å². The van der Waals surface area contributed by atoms with Crippen LogP contribution in [0.25, 0.3) is 0 Å². The van der Waals surface area contributed by atoms with Gasteiger partial charge in [0.05, 0.1) is 24.1 Å². The Bertz CT molecular complexity index is 840. The monoisotopic (exact) mass is 327 g/mol. The molecule has 0 saturated heterocycles. The zero-order chi connectivity index (χ0) is 17.1. The molecule has 1 saturated carbocycles. The van der Waals surface area contributed by atoms with Gasteiger partial charge in [-0.15, -0.1) is 0 Å². The number of carbonyl (C=O) groups is 2. The number of esters is 1. The van der Waals surface area contributed by atoms with Crippen LogP contribution in [0.2, 0.25) is 0 Å². The van der Waals surface area contributed by atoms with Crippen LogP contribution in [0.15, 0.2) is 41.2 Å². The van der Waals surface area contributed by atoms with E-state index in [4.69, 9.17) is 0 Å². The number of rotatable bonds is 5. The van der Waals surface area contributed by atoms with E-state index in [0.29, 0.717) is 11.6 Å². The second kappa shape index (κ2) is 6.66. The van der Waals surface area contributed by atoms with Crippen LogP contribution in [0.5, 0.6) is 0 Å². The van der Waals surface area contributed by atoms with E-state index < -0.39 is 11.9 Å². The molecule has 3 rings (SSSR count). The molecule has 1 aliphatic rings. The van der Waals surface area contributed by atoms with E-state index in [1.807, 2.05) is 0 Å². The van der Waals surface area contributed by atoms with Gasteiger partial charge in [-0.05, 0) is 31.0 Å². The number of para-hydroxylation sites is 1. The number of benzene rings is 1. The van der Waals surface area contributed by atoms with Gasteiger partial charge in [-0.3, -0.25) is 9.59 Å². The Balaban J connectivity index is 1.76. The maximum absolute atomic E-state index is 12.2. The van der Waals surface area contributed by atoms with E-state index in [-0.39, 0.29) is 17.7 Å². The molecule has 7 nitrogen and oxygen atoms in total. The highest BCUT2D eigenvalue weighted by Crippen LogP contribution is 2.38. The number of nitrogens with zero attached hydrogens (tertiary/aromatic N) is 2. The topological polar surface area (TPSA) is 90.3 Å². The Morgan fingerprint density at radius 3 is 2.71 bits per heavy atom. The van der Waals surface area contributed by atoms with E-state index in [0.717, 1.165) is 23.2 Å². The molecule has 7 heteroatoms. The minimum Gasteiger partial charge on any atom is -0.465 e. The fraction of sp³-hybridized carbons (Fsp3) is 0.294. The average molecular weight is 327 g/mol. The van der Waals surface area contributed by atoms with Crippen molar-refractivity contribution in [2.45, 2.75) is 25.3 Å². The predicted molar refractivity (Wildman–Crippen MR) is 86.9 cm³/mol. The van der Waals surface area contributed by atoms with Crippen molar-refractivity contribution in [2.24, 2.45) is 0 Å². The maximum atomic E-state index is 12.2. The number of ether oxygens (including phenoxy) is 1. The first-order valence-corrected chi connectivity index (χ1v) is 7.63. The van der Waals surface area contributed by atoms with Crippen LogP contribution in [0.1, 0.15) is 34.8 Å².